The number of ether oxygens (including phenoxy) is 1. The second-order valence-electron chi connectivity index (χ2n) is 7.39. The normalized spacial score (nSPS) is 19.3. The van der Waals surface area contributed by atoms with Gasteiger partial charge in [-0.25, -0.2) is 0 Å². The number of hydrogen-bond donors (Lipinski definition) is 0. The topological polar surface area (TPSA) is 32.8 Å². The van der Waals surface area contributed by atoms with Gasteiger partial charge in [0.2, 0.25) is 5.91 Å². The van der Waals surface area contributed by atoms with Crippen LogP contribution in [-0.2, 0) is 16.0 Å². The van der Waals surface area contributed by atoms with Gasteiger partial charge < -0.3 is 14.5 Å². The van der Waals surface area contributed by atoms with Gasteiger partial charge >= 0.3 is 0 Å². The molecule has 0 radical (unpaired) electrons. The second kappa shape index (κ2) is 8.81. The number of carbonyl (C=O) groups excluding carboxylic acids is 1. The summed E-state index contributed by atoms with van der Waals surface area (Å²) in [6, 6.07) is 6.39. The second-order valence-corrected chi connectivity index (χ2v) is 7.39. The molecule has 2 aliphatic heterocycles. The predicted molar refractivity (Wildman–Crippen MR) is 102 cm³/mol. The molecule has 0 aliphatic carbocycles. The van der Waals surface area contributed by atoms with E-state index in [0.29, 0.717) is 12.5 Å². The summed E-state index contributed by atoms with van der Waals surface area (Å²) in [7, 11) is 0. The SMILES string of the molecule is CCCOC1CCN(CCCN2C(=O)CCc3cccc(C)c32)CC1. The number of fused-ring (bicyclic) bond motifs is 1. The molecule has 4 heteroatoms. The molecule has 0 spiro atoms. The van der Waals surface area contributed by atoms with Gasteiger partial charge in [-0.2, -0.15) is 0 Å². The molecule has 1 aromatic carbocycles. The molecule has 138 valence electrons. The highest BCUT2D eigenvalue weighted by Gasteiger charge is 2.25. The van der Waals surface area contributed by atoms with Gasteiger partial charge in [0, 0.05) is 38.3 Å². The maximum atomic E-state index is 12.4. The molecule has 0 saturated carbocycles. The van der Waals surface area contributed by atoms with Crippen molar-refractivity contribution in [3.8, 4) is 0 Å². The molecule has 2 aliphatic rings. The van der Waals surface area contributed by atoms with Crippen molar-refractivity contribution in [3.63, 3.8) is 0 Å². The Labute approximate surface area is 152 Å². The number of hydrogen-bond acceptors (Lipinski definition) is 3. The van der Waals surface area contributed by atoms with Crippen LogP contribution >= 0.6 is 0 Å². The van der Waals surface area contributed by atoms with Crippen molar-refractivity contribution >= 4 is 11.6 Å². The third-order valence-corrected chi connectivity index (χ3v) is 5.45. The van der Waals surface area contributed by atoms with E-state index in [0.717, 1.165) is 64.9 Å². The summed E-state index contributed by atoms with van der Waals surface area (Å²) in [5, 5.41) is 0. The molecule has 0 bridgehead atoms. The minimum atomic E-state index is 0.286. The van der Waals surface area contributed by atoms with Crippen LogP contribution in [0.1, 0.15) is 50.2 Å². The largest absolute Gasteiger partial charge is 0.378 e. The van der Waals surface area contributed by atoms with Crippen LogP contribution in [0.15, 0.2) is 18.2 Å². The Kier molecular flexibility index (Phi) is 6.49. The lowest BCUT2D eigenvalue weighted by Gasteiger charge is -2.34. The van der Waals surface area contributed by atoms with Crippen LogP contribution < -0.4 is 4.90 Å². The highest BCUT2D eigenvalue weighted by molar-refractivity contribution is 5.97. The van der Waals surface area contributed by atoms with Gasteiger partial charge in [0.1, 0.15) is 0 Å². The molecular formula is C21H32N2O2. The molecule has 0 atom stereocenters. The first kappa shape index (κ1) is 18.4. The van der Waals surface area contributed by atoms with E-state index in [1.807, 2.05) is 4.90 Å². The lowest BCUT2D eigenvalue weighted by Crippen LogP contribution is -2.40. The fourth-order valence-corrected chi connectivity index (χ4v) is 4.08. The van der Waals surface area contributed by atoms with Crippen LogP contribution in [0.4, 0.5) is 5.69 Å². The zero-order valence-electron chi connectivity index (χ0n) is 15.8. The smallest absolute Gasteiger partial charge is 0.227 e. The third-order valence-electron chi connectivity index (χ3n) is 5.45. The van der Waals surface area contributed by atoms with Crippen molar-refractivity contribution in [1.29, 1.82) is 0 Å². The molecule has 25 heavy (non-hydrogen) atoms. The van der Waals surface area contributed by atoms with Gasteiger partial charge in [-0.15, -0.1) is 0 Å². The summed E-state index contributed by atoms with van der Waals surface area (Å²) >= 11 is 0. The molecular weight excluding hydrogens is 312 g/mol. The van der Waals surface area contributed by atoms with Gasteiger partial charge in [0.15, 0.2) is 0 Å². The minimum Gasteiger partial charge on any atom is -0.378 e. The van der Waals surface area contributed by atoms with Crippen LogP contribution in [-0.4, -0.2) is 49.7 Å². The Hall–Kier alpha value is -1.39. The first-order chi connectivity index (χ1) is 12.2. The summed E-state index contributed by atoms with van der Waals surface area (Å²) in [5.41, 5.74) is 3.72. The van der Waals surface area contributed by atoms with Crippen molar-refractivity contribution in [1.82, 2.24) is 4.90 Å². The number of likely N-dealkylation sites (tertiary alicyclic amines) is 1. The van der Waals surface area contributed by atoms with E-state index in [4.69, 9.17) is 4.74 Å². The van der Waals surface area contributed by atoms with Crippen LogP contribution in [0.25, 0.3) is 0 Å². The van der Waals surface area contributed by atoms with Crippen LogP contribution in [0, 0.1) is 6.92 Å². The number of nitrogens with zero attached hydrogens (tertiary/aromatic N) is 2. The van der Waals surface area contributed by atoms with E-state index >= 15 is 0 Å². The zero-order chi connectivity index (χ0) is 17.6. The van der Waals surface area contributed by atoms with Gasteiger partial charge in [0.05, 0.1) is 6.10 Å². The van der Waals surface area contributed by atoms with Crippen molar-refractivity contribution in [3.05, 3.63) is 29.3 Å². The Bertz CT molecular complexity index is 579. The Morgan fingerprint density at radius 1 is 1.16 bits per heavy atom. The molecule has 1 aromatic rings. The molecule has 1 saturated heterocycles. The van der Waals surface area contributed by atoms with Crippen molar-refractivity contribution < 1.29 is 9.53 Å². The molecule has 0 N–H and O–H groups in total. The molecule has 0 unspecified atom stereocenters. The average molecular weight is 344 g/mol. The number of amides is 1. The summed E-state index contributed by atoms with van der Waals surface area (Å²) in [5.74, 6) is 0.286. The average Bonchev–Trinajstić information content (AvgIpc) is 2.63. The van der Waals surface area contributed by atoms with Crippen LogP contribution in [0.2, 0.25) is 0 Å². The molecule has 1 fully saturated rings. The lowest BCUT2D eigenvalue weighted by atomic mass is 9.97. The number of para-hydroxylation sites is 1. The monoisotopic (exact) mass is 344 g/mol. The predicted octanol–water partition coefficient (Wildman–Crippen LogP) is 3.56. The minimum absolute atomic E-state index is 0.286. The van der Waals surface area contributed by atoms with Gasteiger partial charge in [0.25, 0.3) is 0 Å². The van der Waals surface area contributed by atoms with Crippen LogP contribution in [0.5, 0.6) is 0 Å². The fourth-order valence-electron chi connectivity index (χ4n) is 4.08. The lowest BCUT2D eigenvalue weighted by molar-refractivity contribution is -0.118. The summed E-state index contributed by atoms with van der Waals surface area (Å²) in [6.45, 7) is 9.33. The van der Waals surface area contributed by atoms with Gasteiger partial charge in [-0.3, -0.25) is 4.79 Å². The quantitative estimate of drug-likeness (QED) is 0.758. The highest BCUT2D eigenvalue weighted by atomic mass is 16.5. The van der Waals surface area contributed by atoms with Gasteiger partial charge in [-0.1, -0.05) is 25.1 Å². The Balaban J connectivity index is 1.48. The van der Waals surface area contributed by atoms with E-state index in [2.05, 4.69) is 36.9 Å². The molecule has 1 amide bonds. The van der Waals surface area contributed by atoms with E-state index in [1.54, 1.807) is 0 Å². The van der Waals surface area contributed by atoms with E-state index in [9.17, 15) is 4.79 Å². The first-order valence-corrected chi connectivity index (χ1v) is 9.92. The number of benzene rings is 1. The number of aryl methyl sites for hydroxylation is 2. The number of anilines is 1. The number of carbonyl (C=O) groups is 1. The third kappa shape index (κ3) is 4.62. The van der Waals surface area contributed by atoms with Crippen molar-refractivity contribution in [2.24, 2.45) is 0 Å². The Morgan fingerprint density at radius 2 is 1.96 bits per heavy atom. The maximum absolute atomic E-state index is 12.4. The molecule has 2 heterocycles. The fraction of sp³-hybridized carbons (Fsp3) is 0.667. The number of piperidine rings is 1. The highest BCUT2D eigenvalue weighted by Crippen LogP contribution is 2.31. The van der Waals surface area contributed by atoms with Gasteiger partial charge in [-0.05, 0) is 56.7 Å². The van der Waals surface area contributed by atoms with Crippen molar-refractivity contribution in [2.45, 2.75) is 58.5 Å². The zero-order valence-corrected chi connectivity index (χ0v) is 15.8. The maximum Gasteiger partial charge on any atom is 0.227 e. The number of rotatable bonds is 7. The Morgan fingerprint density at radius 3 is 2.72 bits per heavy atom. The van der Waals surface area contributed by atoms with E-state index < -0.39 is 0 Å². The van der Waals surface area contributed by atoms with Crippen molar-refractivity contribution in [2.75, 3.05) is 37.7 Å². The molecule has 4 nitrogen and oxygen atoms in total. The van der Waals surface area contributed by atoms with Crippen LogP contribution in [0.3, 0.4) is 0 Å². The molecule has 3 rings (SSSR count). The van der Waals surface area contributed by atoms with E-state index in [1.165, 1.54) is 16.8 Å². The summed E-state index contributed by atoms with van der Waals surface area (Å²) in [4.78, 5) is 17.0. The summed E-state index contributed by atoms with van der Waals surface area (Å²) < 4.78 is 5.87. The van der Waals surface area contributed by atoms with E-state index in [-0.39, 0.29) is 5.91 Å². The summed E-state index contributed by atoms with van der Waals surface area (Å²) in [6.07, 6.45) is 6.42. The molecule has 0 aromatic heterocycles. The first-order valence-electron chi connectivity index (χ1n) is 9.92. The standard InChI is InChI=1S/C21H32N2O2/c1-3-16-25-19-10-14-22(15-11-19)12-5-13-23-20(24)9-8-18-7-4-6-17(2)21(18)23/h4,6-7,19H,3,5,8-16H2,1-2H3.